The van der Waals surface area contributed by atoms with Crippen LogP contribution in [0.1, 0.15) is 24.3 Å². The average Bonchev–Trinajstić information content (AvgIpc) is 2.64. The molecule has 2 N–H and O–H groups in total. The quantitative estimate of drug-likeness (QED) is 0.719. The average molecular weight is 374 g/mol. The molecule has 1 aromatic heterocycles. The molecule has 0 aliphatic carbocycles. The molecular formula is C18H22N4O5. The van der Waals surface area contributed by atoms with Crippen LogP contribution in [-0.4, -0.2) is 53.7 Å². The largest absolute Gasteiger partial charge is 0.490 e. The number of hydrogen-bond acceptors (Lipinski definition) is 6. The number of likely N-dealkylation sites (N-methyl/N-ethyl adjacent to an activating group) is 1. The Morgan fingerprint density at radius 1 is 1.11 bits per heavy atom. The summed E-state index contributed by atoms with van der Waals surface area (Å²) in [5.41, 5.74) is 0.159. The number of aromatic nitrogens is 2. The smallest absolute Gasteiger partial charge is 0.274 e. The van der Waals surface area contributed by atoms with Crippen LogP contribution in [0.25, 0.3) is 0 Å². The first kappa shape index (κ1) is 20.0. The predicted molar refractivity (Wildman–Crippen MR) is 99.2 cm³/mol. The van der Waals surface area contributed by atoms with Crippen molar-refractivity contribution in [3.8, 4) is 11.5 Å². The zero-order valence-electron chi connectivity index (χ0n) is 15.4. The molecule has 0 atom stereocenters. The lowest BCUT2D eigenvalue weighted by atomic mass is 10.2. The van der Waals surface area contributed by atoms with Gasteiger partial charge in [-0.05, 0) is 32.0 Å². The first-order valence-corrected chi connectivity index (χ1v) is 8.45. The Hall–Kier alpha value is -3.36. The maximum atomic E-state index is 12.2. The van der Waals surface area contributed by atoms with Gasteiger partial charge in [0.05, 0.1) is 19.8 Å². The number of anilines is 1. The number of carbonyl (C=O) groups excluding carboxylic acids is 2. The van der Waals surface area contributed by atoms with Crippen molar-refractivity contribution in [2.24, 2.45) is 0 Å². The second kappa shape index (κ2) is 9.37. The summed E-state index contributed by atoms with van der Waals surface area (Å²) in [5, 5.41) is 8.55. The maximum absolute atomic E-state index is 12.2. The molecule has 0 saturated heterocycles. The minimum absolute atomic E-state index is 0.0459. The minimum atomic E-state index is -0.483. The highest BCUT2D eigenvalue weighted by Gasteiger charge is 2.17. The third kappa shape index (κ3) is 5.56. The number of carbonyl (C=O) groups is 2. The summed E-state index contributed by atoms with van der Waals surface area (Å²) in [5.74, 6) is 0.248. The van der Waals surface area contributed by atoms with Crippen LogP contribution in [0.2, 0.25) is 0 Å². The SMILES string of the molecule is CCOc1ccc(NC(=O)CN(C)C(=O)c2ccc(=O)[nH]n2)cc1OCC. The van der Waals surface area contributed by atoms with Crippen molar-refractivity contribution in [3.05, 3.63) is 46.4 Å². The molecule has 2 aromatic rings. The number of aromatic amines is 1. The molecule has 9 heteroatoms. The Morgan fingerprint density at radius 2 is 1.81 bits per heavy atom. The number of nitrogens with zero attached hydrogens (tertiary/aromatic N) is 2. The standard InChI is InChI=1S/C18H22N4O5/c1-4-26-14-8-6-12(10-15(14)27-5-2)19-17(24)11-22(3)18(25)13-7-9-16(23)21-20-13/h6-10H,4-5,11H2,1-3H3,(H,19,24)(H,21,23). The molecule has 2 amide bonds. The van der Waals surface area contributed by atoms with Crippen LogP contribution in [0.5, 0.6) is 11.5 Å². The minimum Gasteiger partial charge on any atom is -0.490 e. The molecule has 0 bridgehead atoms. The van der Waals surface area contributed by atoms with Crippen LogP contribution in [0, 0.1) is 0 Å². The second-order valence-corrected chi connectivity index (χ2v) is 5.54. The van der Waals surface area contributed by atoms with Gasteiger partial charge < -0.3 is 19.7 Å². The van der Waals surface area contributed by atoms with Crippen molar-refractivity contribution in [1.82, 2.24) is 15.1 Å². The Balaban J connectivity index is 2.01. The van der Waals surface area contributed by atoms with Gasteiger partial charge in [-0.1, -0.05) is 0 Å². The summed E-state index contributed by atoms with van der Waals surface area (Å²) >= 11 is 0. The summed E-state index contributed by atoms with van der Waals surface area (Å²) in [6.45, 7) is 4.50. The van der Waals surface area contributed by atoms with Gasteiger partial charge in [0.25, 0.3) is 11.5 Å². The summed E-state index contributed by atoms with van der Waals surface area (Å²) in [4.78, 5) is 36.7. The Kier molecular flexibility index (Phi) is 6.93. The number of nitrogens with one attached hydrogen (secondary N) is 2. The lowest BCUT2D eigenvalue weighted by Gasteiger charge is -2.17. The fraction of sp³-hybridized carbons (Fsp3) is 0.333. The number of ether oxygens (including phenoxy) is 2. The molecule has 144 valence electrons. The van der Waals surface area contributed by atoms with Gasteiger partial charge in [-0.3, -0.25) is 14.4 Å². The van der Waals surface area contributed by atoms with E-state index in [1.807, 2.05) is 13.8 Å². The molecule has 1 heterocycles. The van der Waals surface area contributed by atoms with E-state index in [2.05, 4.69) is 15.5 Å². The van der Waals surface area contributed by atoms with Crippen molar-refractivity contribution in [3.63, 3.8) is 0 Å². The fourth-order valence-electron chi connectivity index (χ4n) is 2.28. The van der Waals surface area contributed by atoms with E-state index in [0.29, 0.717) is 30.4 Å². The first-order chi connectivity index (χ1) is 12.9. The molecule has 0 saturated carbocycles. The lowest BCUT2D eigenvalue weighted by Crippen LogP contribution is -2.35. The van der Waals surface area contributed by atoms with E-state index < -0.39 is 11.5 Å². The van der Waals surface area contributed by atoms with Gasteiger partial charge in [0.15, 0.2) is 11.5 Å². The van der Waals surface area contributed by atoms with Gasteiger partial charge in [-0.25, -0.2) is 5.10 Å². The lowest BCUT2D eigenvalue weighted by molar-refractivity contribution is -0.116. The van der Waals surface area contributed by atoms with Gasteiger partial charge in [-0.15, -0.1) is 0 Å². The normalized spacial score (nSPS) is 10.2. The van der Waals surface area contributed by atoms with Gasteiger partial charge >= 0.3 is 0 Å². The van der Waals surface area contributed by atoms with Crippen LogP contribution in [0.3, 0.4) is 0 Å². The number of amides is 2. The van der Waals surface area contributed by atoms with Gasteiger partial charge in [0, 0.05) is 24.9 Å². The van der Waals surface area contributed by atoms with E-state index in [0.717, 1.165) is 0 Å². The summed E-state index contributed by atoms with van der Waals surface area (Å²) in [7, 11) is 1.47. The zero-order valence-corrected chi connectivity index (χ0v) is 15.4. The van der Waals surface area contributed by atoms with Crippen LogP contribution < -0.4 is 20.3 Å². The second-order valence-electron chi connectivity index (χ2n) is 5.54. The monoisotopic (exact) mass is 374 g/mol. The molecule has 0 aliphatic heterocycles. The Labute approximate surface area is 156 Å². The fourth-order valence-corrected chi connectivity index (χ4v) is 2.28. The summed E-state index contributed by atoms with van der Waals surface area (Å²) < 4.78 is 11.0. The molecule has 2 rings (SSSR count). The van der Waals surface area contributed by atoms with Crippen molar-refractivity contribution in [2.75, 3.05) is 32.1 Å². The van der Waals surface area contributed by atoms with Gasteiger partial charge in [0.1, 0.15) is 5.69 Å². The molecule has 27 heavy (non-hydrogen) atoms. The van der Waals surface area contributed by atoms with E-state index in [1.54, 1.807) is 18.2 Å². The topological polar surface area (TPSA) is 114 Å². The maximum Gasteiger partial charge on any atom is 0.274 e. The molecule has 9 nitrogen and oxygen atoms in total. The molecule has 0 aliphatic rings. The van der Waals surface area contributed by atoms with E-state index in [9.17, 15) is 14.4 Å². The van der Waals surface area contributed by atoms with Crippen LogP contribution in [-0.2, 0) is 4.79 Å². The molecular weight excluding hydrogens is 352 g/mol. The highest BCUT2D eigenvalue weighted by atomic mass is 16.5. The number of hydrogen-bond donors (Lipinski definition) is 2. The van der Waals surface area contributed by atoms with Crippen LogP contribution in [0.15, 0.2) is 35.1 Å². The molecule has 0 fully saturated rings. The first-order valence-electron chi connectivity index (χ1n) is 8.45. The van der Waals surface area contributed by atoms with E-state index in [1.165, 1.54) is 24.1 Å². The van der Waals surface area contributed by atoms with Crippen LogP contribution in [0.4, 0.5) is 5.69 Å². The van der Waals surface area contributed by atoms with E-state index >= 15 is 0 Å². The van der Waals surface area contributed by atoms with Crippen molar-refractivity contribution in [1.29, 1.82) is 0 Å². The zero-order chi connectivity index (χ0) is 19.8. The van der Waals surface area contributed by atoms with Crippen molar-refractivity contribution < 1.29 is 19.1 Å². The predicted octanol–water partition coefficient (Wildman–Crippen LogP) is 1.28. The van der Waals surface area contributed by atoms with Gasteiger partial charge in [-0.2, -0.15) is 5.10 Å². The highest BCUT2D eigenvalue weighted by molar-refractivity contribution is 5.98. The van der Waals surface area contributed by atoms with Crippen molar-refractivity contribution in [2.45, 2.75) is 13.8 Å². The number of rotatable bonds is 8. The third-order valence-electron chi connectivity index (χ3n) is 3.45. The van der Waals surface area contributed by atoms with Gasteiger partial charge in [0.2, 0.25) is 5.91 Å². The van der Waals surface area contributed by atoms with E-state index in [-0.39, 0.29) is 18.1 Å². The molecule has 0 radical (unpaired) electrons. The Morgan fingerprint density at radius 3 is 2.44 bits per heavy atom. The molecule has 0 unspecified atom stereocenters. The number of benzene rings is 1. The summed E-state index contributed by atoms with van der Waals surface area (Å²) in [6, 6.07) is 7.57. The molecule has 1 aromatic carbocycles. The highest BCUT2D eigenvalue weighted by Crippen LogP contribution is 2.30. The van der Waals surface area contributed by atoms with Crippen LogP contribution >= 0.6 is 0 Å². The number of H-pyrrole nitrogens is 1. The van der Waals surface area contributed by atoms with E-state index in [4.69, 9.17) is 9.47 Å². The Bertz CT molecular complexity index is 845. The molecule has 0 spiro atoms. The van der Waals surface area contributed by atoms with Crippen molar-refractivity contribution >= 4 is 17.5 Å². The summed E-state index contributed by atoms with van der Waals surface area (Å²) in [6.07, 6.45) is 0. The third-order valence-corrected chi connectivity index (χ3v) is 3.45.